The Morgan fingerprint density at radius 3 is 2.52 bits per heavy atom. The molecule has 0 radical (unpaired) electrons. The Balaban J connectivity index is 2.17. The van der Waals surface area contributed by atoms with Crippen molar-refractivity contribution in [2.45, 2.75) is 58.1 Å². The first-order chi connectivity index (χ1) is 9.69. The van der Waals surface area contributed by atoms with E-state index < -0.39 is 23.7 Å². The highest BCUT2D eigenvalue weighted by atomic mass is 16.6. The van der Waals surface area contributed by atoms with Crippen LogP contribution in [0.15, 0.2) is 0 Å². The van der Waals surface area contributed by atoms with Crippen molar-refractivity contribution >= 4 is 17.8 Å². The van der Waals surface area contributed by atoms with Crippen LogP contribution >= 0.6 is 0 Å². The summed E-state index contributed by atoms with van der Waals surface area (Å²) >= 11 is 0. The van der Waals surface area contributed by atoms with E-state index in [-0.39, 0.29) is 17.6 Å². The summed E-state index contributed by atoms with van der Waals surface area (Å²) in [5.74, 6) is -0.886. The number of piperidine rings is 1. The minimum atomic E-state index is -1.01. The maximum Gasteiger partial charge on any atom is 0.411 e. The molecule has 6 nitrogen and oxygen atoms in total. The number of likely N-dealkylation sites (tertiary alicyclic amines) is 1. The summed E-state index contributed by atoms with van der Waals surface area (Å²) in [6, 6.07) is -0.883. The predicted octanol–water partition coefficient (Wildman–Crippen LogP) is 2.07. The highest BCUT2D eigenvalue weighted by Crippen LogP contribution is 2.39. The SMILES string of the molecule is CC(C)(C)OC(=O)N1CC[C@H]2CC(=O)CC[C@@H]2C1C(=O)O. The number of hydrogen-bond donors (Lipinski definition) is 1. The number of nitrogens with zero attached hydrogens (tertiary/aromatic N) is 1. The first-order valence-electron chi connectivity index (χ1n) is 7.43. The van der Waals surface area contributed by atoms with Crippen molar-refractivity contribution in [2.24, 2.45) is 11.8 Å². The van der Waals surface area contributed by atoms with Gasteiger partial charge in [-0.1, -0.05) is 0 Å². The quantitative estimate of drug-likeness (QED) is 0.801. The van der Waals surface area contributed by atoms with Crippen LogP contribution in [0.4, 0.5) is 4.79 Å². The predicted molar refractivity (Wildman–Crippen MR) is 74.8 cm³/mol. The highest BCUT2D eigenvalue weighted by Gasteiger charge is 2.47. The first-order valence-corrected chi connectivity index (χ1v) is 7.43. The summed E-state index contributed by atoms with van der Waals surface area (Å²) in [5, 5.41) is 9.53. The van der Waals surface area contributed by atoms with Gasteiger partial charge in [-0.15, -0.1) is 0 Å². The highest BCUT2D eigenvalue weighted by molar-refractivity contribution is 5.83. The van der Waals surface area contributed by atoms with Crippen LogP contribution in [0, 0.1) is 11.8 Å². The lowest BCUT2D eigenvalue weighted by molar-refractivity contribution is -0.151. The zero-order valence-corrected chi connectivity index (χ0v) is 12.8. The van der Waals surface area contributed by atoms with Gasteiger partial charge in [-0.25, -0.2) is 9.59 Å². The van der Waals surface area contributed by atoms with E-state index >= 15 is 0 Å². The summed E-state index contributed by atoms with van der Waals surface area (Å²) in [6.07, 6.45) is 1.48. The normalized spacial score (nSPS) is 29.8. The number of Topliss-reactive ketones (excluding diaryl/α,β-unsaturated/α-hetero) is 1. The van der Waals surface area contributed by atoms with Crippen molar-refractivity contribution in [1.82, 2.24) is 4.90 Å². The number of carboxylic acids is 1. The molecule has 1 N–H and O–H groups in total. The number of aliphatic carboxylic acids is 1. The molecule has 0 aromatic rings. The summed E-state index contributed by atoms with van der Waals surface area (Å²) in [6.45, 7) is 5.60. The topological polar surface area (TPSA) is 83.9 Å². The van der Waals surface area contributed by atoms with Crippen molar-refractivity contribution in [3.05, 3.63) is 0 Å². The van der Waals surface area contributed by atoms with E-state index in [1.807, 2.05) is 0 Å². The molecular weight excluding hydrogens is 274 g/mol. The molecule has 2 fully saturated rings. The number of ether oxygens (including phenoxy) is 1. The molecule has 21 heavy (non-hydrogen) atoms. The van der Waals surface area contributed by atoms with Gasteiger partial charge in [0.05, 0.1) is 0 Å². The van der Waals surface area contributed by atoms with Gasteiger partial charge in [-0.3, -0.25) is 9.69 Å². The monoisotopic (exact) mass is 297 g/mol. The van der Waals surface area contributed by atoms with Crippen LogP contribution in [0.3, 0.4) is 0 Å². The van der Waals surface area contributed by atoms with E-state index in [0.29, 0.717) is 32.2 Å². The fourth-order valence-electron chi connectivity index (χ4n) is 3.36. The van der Waals surface area contributed by atoms with Gasteiger partial charge < -0.3 is 9.84 Å². The molecule has 2 rings (SSSR count). The number of rotatable bonds is 1. The maximum absolute atomic E-state index is 12.2. The van der Waals surface area contributed by atoms with E-state index in [1.165, 1.54) is 4.90 Å². The van der Waals surface area contributed by atoms with E-state index in [0.717, 1.165) is 0 Å². The fraction of sp³-hybridized carbons (Fsp3) is 0.800. The molecule has 1 heterocycles. The Hall–Kier alpha value is -1.59. The number of hydrogen-bond acceptors (Lipinski definition) is 4. The van der Waals surface area contributed by atoms with Crippen LogP contribution in [0.1, 0.15) is 46.5 Å². The van der Waals surface area contributed by atoms with Crippen LogP contribution in [-0.2, 0) is 14.3 Å². The average molecular weight is 297 g/mol. The number of carbonyl (C=O) groups is 3. The third kappa shape index (κ3) is 3.54. The average Bonchev–Trinajstić information content (AvgIpc) is 2.34. The van der Waals surface area contributed by atoms with Gasteiger partial charge >= 0.3 is 12.1 Å². The number of carbonyl (C=O) groups excluding carboxylic acids is 2. The molecule has 1 unspecified atom stereocenters. The fourth-order valence-corrected chi connectivity index (χ4v) is 3.36. The molecule has 1 aliphatic heterocycles. The van der Waals surface area contributed by atoms with Gasteiger partial charge in [-0.2, -0.15) is 0 Å². The van der Waals surface area contributed by atoms with E-state index in [1.54, 1.807) is 20.8 Å². The summed E-state index contributed by atoms with van der Waals surface area (Å²) < 4.78 is 5.32. The maximum atomic E-state index is 12.2. The lowest BCUT2D eigenvalue weighted by Gasteiger charge is -2.45. The first kappa shape index (κ1) is 15.8. The molecule has 118 valence electrons. The molecule has 0 aromatic heterocycles. The van der Waals surface area contributed by atoms with Crippen LogP contribution < -0.4 is 0 Å². The van der Waals surface area contributed by atoms with Crippen LogP contribution in [0.2, 0.25) is 0 Å². The molecule has 3 atom stereocenters. The Bertz CT molecular complexity index is 453. The number of carboxylic acid groups (broad SMARTS) is 1. The van der Waals surface area contributed by atoms with Gasteiger partial charge in [0, 0.05) is 19.4 Å². The van der Waals surface area contributed by atoms with Crippen molar-refractivity contribution in [3.8, 4) is 0 Å². The molecular formula is C15H23NO5. The van der Waals surface area contributed by atoms with Crippen LogP contribution in [0.25, 0.3) is 0 Å². The second kappa shape index (κ2) is 5.66. The smallest absolute Gasteiger partial charge is 0.411 e. The zero-order chi connectivity index (χ0) is 15.8. The third-order valence-electron chi connectivity index (χ3n) is 4.22. The van der Waals surface area contributed by atoms with E-state index in [4.69, 9.17) is 4.74 Å². The Morgan fingerprint density at radius 1 is 1.29 bits per heavy atom. The van der Waals surface area contributed by atoms with Gasteiger partial charge in [0.15, 0.2) is 0 Å². The van der Waals surface area contributed by atoms with Crippen molar-refractivity contribution in [1.29, 1.82) is 0 Å². The molecule has 1 aliphatic carbocycles. The van der Waals surface area contributed by atoms with E-state index in [2.05, 4.69) is 0 Å². The molecule has 1 saturated carbocycles. The summed E-state index contributed by atoms with van der Waals surface area (Å²) in [5.41, 5.74) is -0.653. The standard InChI is InChI=1S/C15H23NO5/c1-15(2,3)21-14(20)16-7-6-9-8-10(17)4-5-11(9)12(16)13(18)19/h9,11-12H,4-8H2,1-3H3,(H,18,19)/t9-,11-,12?/m0/s1. The molecule has 0 aromatic carbocycles. The van der Waals surface area contributed by atoms with Gasteiger partial charge in [0.25, 0.3) is 0 Å². The minimum absolute atomic E-state index is 0.0750. The largest absolute Gasteiger partial charge is 0.480 e. The number of fused-ring (bicyclic) bond motifs is 1. The van der Waals surface area contributed by atoms with Crippen LogP contribution in [-0.4, -0.2) is 46.0 Å². The summed E-state index contributed by atoms with van der Waals surface area (Å²) in [4.78, 5) is 36.7. The molecule has 0 bridgehead atoms. The Kier molecular flexibility index (Phi) is 4.25. The van der Waals surface area contributed by atoms with Crippen molar-refractivity contribution in [2.75, 3.05) is 6.54 Å². The molecule has 2 aliphatic rings. The zero-order valence-electron chi connectivity index (χ0n) is 12.8. The van der Waals surface area contributed by atoms with Gasteiger partial charge in [-0.05, 0) is 45.4 Å². The minimum Gasteiger partial charge on any atom is -0.480 e. The Labute approximate surface area is 124 Å². The third-order valence-corrected chi connectivity index (χ3v) is 4.22. The van der Waals surface area contributed by atoms with Gasteiger partial charge in [0.1, 0.15) is 17.4 Å². The molecule has 1 amide bonds. The lowest BCUT2D eigenvalue weighted by Crippen LogP contribution is -2.57. The molecule has 0 spiro atoms. The van der Waals surface area contributed by atoms with Crippen molar-refractivity contribution in [3.63, 3.8) is 0 Å². The lowest BCUT2D eigenvalue weighted by atomic mass is 9.70. The summed E-state index contributed by atoms with van der Waals surface area (Å²) in [7, 11) is 0. The second-order valence-corrected chi connectivity index (χ2v) is 6.95. The second-order valence-electron chi connectivity index (χ2n) is 6.95. The van der Waals surface area contributed by atoms with Gasteiger partial charge in [0.2, 0.25) is 0 Å². The molecule has 6 heteroatoms. The number of ketones is 1. The number of amides is 1. The van der Waals surface area contributed by atoms with Crippen LogP contribution in [0.5, 0.6) is 0 Å². The van der Waals surface area contributed by atoms with E-state index in [9.17, 15) is 19.5 Å². The Morgan fingerprint density at radius 2 is 1.95 bits per heavy atom. The van der Waals surface area contributed by atoms with Crippen molar-refractivity contribution < 1.29 is 24.2 Å². The molecule has 1 saturated heterocycles.